The highest BCUT2D eigenvalue weighted by Crippen LogP contribution is 2.45. The summed E-state index contributed by atoms with van der Waals surface area (Å²) in [4.78, 5) is 0. The van der Waals surface area contributed by atoms with E-state index in [9.17, 15) is 0 Å². The summed E-state index contributed by atoms with van der Waals surface area (Å²) in [6, 6.07) is 0.557. The van der Waals surface area contributed by atoms with Crippen molar-refractivity contribution in [3.05, 3.63) is 11.6 Å². The molecular weight excluding hydrogens is 286 g/mol. The van der Waals surface area contributed by atoms with Gasteiger partial charge in [-0.15, -0.1) is 0 Å². The van der Waals surface area contributed by atoms with Crippen LogP contribution in [0.25, 0.3) is 0 Å². The second-order valence-corrected chi connectivity index (χ2v) is 14.4. The molecule has 2 saturated heterocycles. The van der Waals surface area contributed by atoms with Gasteiger partial charge < -0.3 is 9.74 Å². The first kappa shape index (κ1) is 16.7. The summed E-state index contributed by atoms with van der Waals surface area (Å²) in [7, 11) is -1.69. The molecule has 2 aliphatic heterocycles. The third kappa shape index (κ3) is 3.09. The molecule has 4 aliphatic rings. The topological polar surface area (TPSA) is 21.3 Å². The number of hydrogen-bond acceptors (Lipinski definition) is 2. The summed E-state index contributed by atoms with van der Waals surface area (Å²) in [5, 5.41) is 4.18. The lowest BCUT2D eigenvalue weighted by atomic mass is 9.77. The number of rotatable bonds is 2. The van der Waals surface area contributed by atoms with Gasteiger partial charge in [0.05, 0.1) is 6.10 Å². The summed E-state index contributed by atoms with van der Waals surface area (Å²) in [6.45, 7) is 15.5. The van der Waals surface area contributed by atoms with Crippen LogP contribution in [0.4, 0.5) is 0 Å². The van der Waals surface area contributed by atoms with E-state index in [1.807, 2.05) is 0 Å². The normalized spacial score (nSPS) is 39.2. The maximum atomic E-state index is 6.89. The molecule has 0 radical (unpaired) electrons. The summed E-state index contributed by atoms with van der Waals surface area (Å²) in [5.74, 6) is 2.35. The van der Waals surface area contributed by atoms with Crippen LogP contribution in [-0.4, -0.2) is 27.0 Å². The van der Waals surface area contributed by atoms with Crippen molar-refractivity contribution in [3.63, 3.8) is 0 Å². The van der Waals surface area contributed by atoms with E-state index in [0.29, 0.717) is 17.2 Å². The molecule has 5 atom stereocenters. The van der Waals surface area contributed by atoms with Crippen molar-refractivity contribution in [2.24, 2.45) is 17.8 Å². The molecule has 0 aromatic rings. The third-order valence-electron chi connectivity index (χ3n) is 6.73. The van der Waals surface area contributed by atoms with Gasteiger partial charge in [0, 0.05) is 6.04 Å². The van der Waals surface area contributed by atoms with Crippen LogP contribution in [0.2, 0.25) is 18.1 Å². The Bertz CT molecular complexity index is 451. The molecule has 2 bridgehead atoms. The van der Waals surface area contributed by atoms with Crippen LogP contribution in [0.3, 0.4) is 0 Å². The highest BCUT2D eigenvalue weighted by molar-refractivity contribution is 6.74. The van der Waals surface area contributed by atoms with Gasteiger partial charge in [-0.3, -0.25) is 0 Å². The largest absolute Gasteiger partial charge is 0.412 e. The molecule has 0 aromatic heterocycles. The van der Waals surface area contributed by atoms with Gasteiger partial charge in [-0.1, -0.05) is 39.3 Å². The minimum absolute atomic E-state index is 0.303. The van der Waals surface area contributed by atoms with Gasteiger partial charge in [0.25, 0.3) is 0 Å². The Morgan fingerprint density at radius 2 is 1.95 bits per heavy atom. The van der Waals surface area contributed by atoms with Crippen molar-refractivity contribution >= 4 is 8.32 Å². The molecule has 0 amide bonds. The minimum Gasteiger partial charge on any atom is -0.412 e. The van der Waals surface area contributed by atoms with E-state index in [-0.39, 0.29) is 0 Å². The van der Waals surface area contributed by atoms with Crippen molar-refractivity contribution < 1.29 is 4.43 Å². The Labute approximate surface area is 138 Å². The van der Waals surface area contributed by atoms with Crippen molar-refractivity contribution in [1.82, 2.24) is 5.32 Å². The van der Waals surface area contributed by atoms with Gasteiger partial charge >= 0.3 is 0 Å². The zero-order chi connectivity index (χ0) is 16.1. The lowest BCUT2D eigenvalue weighted by Crippen LogP contribution is -2.56. The molecule has 0 aromatic carbocycles. The van der Waals surface area contributed by atoms with Gasteiger partial charge in [0.2, 0.25) is 0 Å². The van der Waals surface area contributed by atoms with Crippen molar-refractivity contribution in [2.45, 2.75) is 83.7 Å². The van der Waals surface area contributed by atoms with E-state index >= 15 is 0 Å². The van der Waals surface area contributed by atoms with Gasteiger partial charge in [0.1, 0.15) is 0 Å². The molecule has 2 aliphatic carbocycles. The zero-order valence-corrected chi connectivity index (χ0v) is 16.4. The third-order valence-corrected chi connectivity index (χ3v) is 11.2. The monoisotopic (exact) mass is 321 g/mol. The van der Waals surface area contributed by atoms with E-state index in [2.05, 4.69) is 52.2 Å². The molecule has 3 heteroatoms. The molecular formula is C19H35NOSi. The van der Waals surface area contributed by atoms with Gasteiger partial charge in [-0.2, -0.15) is 0 Å². The Kier molecular flexibility index (Phi) is 4.37. The van der Waals surface area contributed by atoms with Crippen LogP contribution < -0.4 is 5.32 Å². The first-order chi connectivity index (χ1) is 10.2. The number of piperidine rings is 1. The summed E-state index contributed by atoms with van der Waals surface area (Å²) in [5.41, 5.74) is 1.75. The van der Waals surface area contributed by atoms with E-state index < -0.39 is 8.32 Å². The lowest BCUT2D eigenvalue weighted by Gasteiger charge is -2.45. The number of fused-ring (bicyclic) bond motifs is 2. The van der Waals surface area contributed by atoms with Crippen LogP contribution in [0, 0.1) is 17.8 Å². The maximum absolute atomic E-state index is 6.89. The predicted molar refractivity (Wildman–Crippen MR) is 96.6 cm³/mol. The van der Waals surface area contributed by atoms with E-state index in [1.54, 1.807) is 5.57 Å². The van der Waals surface area contributed by atoms with Crippen molar-refractivity contribution in [2.75, 3.05) is 6.54 Å². The predicted octanol–water partition coefficient (Wildman–Crippen LogP) is 4.73. The number of nitrogens with one attached hydrogen (secondary N) is 1. The molecule has 22 heavy (non-hydrogen) atoms. The smallest absolute Gasteiger partial charge is 0.192 e. The van der Waals surface area contributed by atoms with E-state index in [1.165, 1.54) is 32.2 Å². The van der Waals surface area contributed by atoms with Crippen molar-refractivity contribution in [1.29, 1.82) is 0 Å². The molecule has 5 unspecified atom stereocenters. The average Bonchev–Trinajstić information content (AvgIpc) is 2.64. The molecule has 0 spiro atoms. The fraction of sp³-hybridized carbons (Fsp3) is 0.895. The molecule has 126 valence electrons. The zero-order valence-electron chi connectivity index (χ0n) is 15.4. The second kappa shape index (κ2) is 5.75. The van der Waals surface area contributed by atoms with Crippen molar-refractivity contribution in [3.8, 4) is 0 Å². The summed E-state index contributed by atoms with van der Waals surface area (Å²) < 4.78 is 6.89. The van der Waals surface area contributed by atoms with Crippen LogP contribution in [0.15, 0.2) is 11.6 Å². The SMILES string of the molecule is CC1CC=C2CC3CNC(C(O[Si](C)(C)C(C)(C)C)C3)C2C1. The first-order valence-electron chi connectivity index (χ1n) is 9.27. The summed E-state index contributed by atoms with van der Waals surface area (Å²) >= 11 is 0. The molecule has 2 heterocycles. The maximum Gasteiger partial charge on any atom is 0.192 e. The molecule has 2 nitrogen and oxygen atoms in total. The summed E-state index contributed by atoms with van der Waals surface area (Å²) in [6.07, 6.45) is 8.23. The van der Waals surface area contributed by atoms with Crippen LogP contribution in [0.5, 0.6) is 0 Å². The Morgan fingerprint density at radius 3 is 2.64 bits per heavy atom. The fourth-order valence-corrected chi connectivity index (χ4v) is 5.71. The number of hydrogen-bond donors (Lipinski definition) is 1. The van der Waals surface area contributed by atoms with Crippen LogP contribution >= 0.6 is 0 Å². The quantitative estimate of drug-likeness (QED) is 0.586. The number of allylic oxidation sites excluding steroid dienone is 1. The fourth-order valence-electron chi connectivity index (χ4n) is 4.36. The van der Waals surface area contributed by atoms with Gasteiger partial charge in [0.15, 0.2) is 8.32 Å². The molecule has 4 rings (SSSR count). The minimum atomic E-state index is -1.69. The molecule has 1 saturated carbocycles. The second-order valence-electron chi connectivity index (χ2n) is 9.62. The molecule has 3 fully saturated rings. The average molecular weight is 322 g/mol. The van der Waals surface area contributed by atoms with Crippen LogP contribution in [-0.2, 0) is 4.43 Å². The molecule has 1 N–H and O–H groups in total. The van der Waals surface area contributed by atoms with E-state index in [0.717, 1.165) is 17.8 Å². The van der Waals surface area contributed by atoms with Crippen LogP contribution in [0.1, 0.15) is 53.4 Å². The van der Waals surface area contributed by atoms with Gasteiger partial charge in [-0.25, -0.2) is 0 Å². The van der Waals surface area contributed by atoms with Gasteiger partial charge in [-0.05, 0) is 68.1 Å². The Balaban J connectivity index is 1.82. The Morgan fingerprint density at radius 1 is 1.23 bits per heavy atom. The highest BCUT2D eigenvalue weighted by Gasteiger charge is 2.47. The first-order valence-corrected chi connectivity index (χ1v) is 12.2. The highest BCUT2D eigenvalue weighted by atomic mass is 28.4. The van der Waals surface area contributed by atoms with E-state index in [4.69, 9.17) is 4.43 Å². The standard InChI is InChI=1S/C19H35NOSi/c1-13-7-8-15-10-14-11-17(18(20-12-14)16(15)9-13)21-22(5,6)19(2,3)4/h8,13-14,16-18,20H,7,9-12H2,1-6H3. The lowest BCUT2D eigenvalue weighted by molar-refractivity contribution is 0.0707. The Hall–Kier alpha value is -0.123.